The Balaban J connectivity index is 1.70. The van der Waals surface area contributed by atoms with Gasteiger partial charge in [-0.2, -0.15) is 0 Å². The molecule has 1 aliphatic rings. The number of nitrogens with zero attached hydrogens (tertiary/aromatic N) is 2. The van der Waals surface area contributed by atoms with Gasteiger partial charge in [-0.3, -0.25) is 9.59 Å². The van der Waals surface area contributed by atoms with Crippen molar-refractivity contribution in [2.75, 3.05) is 19.7 Å². The van der Waals surface area contributed by atoms with Crippen molar-refractivity contribution in [2.45, 2.75) is 58.2 Å². The minimum atomic E-state index is -0.0800. The molecule has 1 saturated heterocycles. The van der Waals surface area contributed by atoms with Crippen molar-refractivity contribution < 1.29 is 18.7 Å². The number of carbonyl (C=O) groups is 2. The molecule has 6 heteroatoms. The van der Waals surface area contributed by atoms with Gasteiger partial charge >= 0.3 is 0 Å². The van der Waals surface area contributed by atoms with Crippen LogP contribution in [0.5, 0.6) is 0 Å². The van der Waals surface area contributed by atoms with Gasteiger partial charge in [0.15, 0.2) is 0 Å². The molecule has 162 valence electrons. The maximum atomic E-state index is 13.3. The SMILES string of the molecule is CC[C@@H](C)N(CC(=O)N(Cc1ccco1)C[C@@H]1CCCO1)C(=O)Cc1ccccc1. The van der Waals surface area contributed by atoms with Crippen molar-refractivity contribution in [2.24, 2.45) is 0 Å². The smallest absolute Gasteiger partial charge is 0.242 e. The van der Waals surface area contributed by atoms with Gasteiger partial charge in [0, 0.05) is 19.2 Å². The Morgan fingerprint density at radius 2 is 1.93 bits per heavy atom. The largest absolute Gasteiger partial charge is 0.467 e. The van der Waals surface area contributed by atoms with Gasteiger partial charge in [0.25, 0.3) is 0 Å². The number of carbonyl (C=O) groups excluding carboxylic acids is 2. The zero-order valence-corrected chi connectivity index (χ0v) is 18.0. The molecule has 0 saturated carbocycles. The van der Waals surface area contributed by atoms with Gasteiger partial charge in [-0.25, -0.2) is 0 Å². The van der Waals surface area contributed by atoms with Crippen molar-refractivity contribution in [3.8, 4) is 0 Å². The second-order valence-corrected chi connectivity index (χ2v) is 7.93. The Labute approximate surface area is 178 Å². The van der Waals surface area contributed by atoms with E-state index >= 15 is 0 Å². The molecule has 3 rings (SSSR count). The lowest BCUT2D eigenvalue weighted by atomic mass is 10.1. The molecule has 0 radical (unpaired) electrons. The molecule has 2 aromatic rings. The van der Waals surface area contributed by atoms with Crippen LogP contribution in [-0.2, 0) is 27.3 Å². The summed E-state index contributed by atoms with van der Waals surface area (Å²) in [4.78, 5) is 29.8. The first-order valence-electron chi connectivity index (χ1n) is 10.8. The fourth-order valence-electron chi connectivity index (χ4n) is 3.71. The molecule has 0 bridgehead atoms. The van der Waals surface area contributed by atoms with E-state index in [1.807, 2.05) is 56.3 Å². The number of hydrogen-bond acceptors (Lipinski definition) is 4. The Hall–Kier alpha value is -2.60. The van der Waals surface area contributed by atoms with Crippen molar-refractivity contribution in [1.29, 1.82) is 0 Å². The van der Waals surface area contributed by atoms with E-state index in [0.29, 0.717) is 19.5 Å². The molecule has 0 spiro atoms. The van der Waals surface area contributed by atoms with E-state index in [2.05, 4.69) is 0 Å². The predicted molar refractivity (Wildman–Crippen MR) is 115 cm³/mol. The van der Waals surface area contributed by atoms with E-state index in [9.17, 15) is 9.59 Å². The van der Waals surface area contributed by atoms with E-state index in [0.717, 1.165) is 37.2 Å². The van der Waals surface area contributed by atoms with Gasteiger partial charge in [-0.1, -0.05) is 37.3 Å². The third kappa shape index (κ3) is 6.20. The number of benzene rings is 1. The topological polar surface area (TPSA) is 63.0 Å². The summed E-state index contributed by atoms with van der Waals surface area (Å²) < 4.78 is 11.2. The molecule has 6 nitrogen and oxygen atoms in total. The van der Waals surface area contributed by atoms with Crippen molar-refractivity contribution in [3.63, 3.8) is 0 Å². The summed E-state index contributed by atoms with van der Waals surface area (Å²) >= 11 is 0. The molecule has 0 aliphatic carbocycles. The monoisotopic (exact) mass is 412 g/mol. The maximum Gasteiger partial charge on any atom is 0.242 e. The number of ether oxygens (including phenoxy) is 1. The first-order valence-corrected chi connectivity index (χ1v) is 10.8. The van der Waals surface area contributed by atoms with Gasteiger partial charge in [0.1, 0.15) is 12.3 Å². The van der Waals surface area contributed by atoms with Crippen molar-refractivity contribution in [1.82, 2.24) is 9.80 Å². The highest BCUT2D eigenvalue weighted by atomic mass is 16.5. The Morgan fingerprint density at radius 3 is 2.57 bits per heavy atom. The molecule has 2 heterocycles. The molecule has 2 atom stereocenters. The van der Waals surface area contributed by atoms with Crippen LogP contribution in [0.1, 0.15) is 44.4 Å². The lowest BCUT2D eigenvalue weighted by Crippen LogP contribution is -2.48. The second kappa shape index (κ2) is 11.0. The zero-order valence-electron chi connectivity index (χ0n) is 18.0. The quantitative estimate of drug-likeness (QED) is 0.598. The summed E-state index contributed by atoms with van der Waals surface area (Å²) in [7, 11) is 0. The molecule has 2 amide bonds. The summed E-state index contributed by atoms with van der Waals surface area (Å²) in [5, 5.41) is 0. The molecule has 0 N–H and O–H groups in total. The molecular formula is C24H32N2O4. The fraction of sp³-hybridized carbons (Fsp3) is 0.500. The van der Waals surface area contributed by atoms with Crippen LogP contribution in [0.2, 0.25) is 0 Å². The summed E-state index contributed by atoms with van der Waals surface area (Å²) in [5.41, 5.74) is 0.954. The van der Waals surface area contributed by atoms with Crippen LogP contribution >= 0.6 is 0 Å². The summed E-state index contributed by atoms with van der Waals surface area (Å²) in [6.45, 7) is 5.72. The van der Waals surface area contributed by atoms with Gasteiger partial charge in [-0.15, -0.1) is 0 Å². The summed E-state index contributed by atoms with van der Waals surface area (Å²) in [6.07, 6.45) is 4.70. The van der Waals surface area contributed by atoms with Crippen LogP contribution in [0.15, 0.2) is 53.1 Å². The third-order valence-electron chi connectivity index (χ3n) is 5.67. The average Bonchev–Trinajstić information content (AvgIpc) is 3.46. The first kappa shape index (κ1) is 22.1. The number of hydrogen-bond donors (Lipinski definition) is 0. The fourth-order valence-corrected chi connectivity index (χ4v) is 3.71. The van der Waals surface area contributed by atoms with Crippen LogP contribution < -0.4 is 0 Å². The lowest BCUT2D eigenvalue weighted by Gasteiger charge is -2.32. The van der Waals surface area contributed by atoms with E-state index in [4.69, 9.17) is 9.15 Å². The highest BCUT2D eigenvalue weighted by molar-refractivity contribution is 5.86. The van der Waals surface area contributed by atoms with Gasteiger partial charge in [0.2, 0.25) is 11.8 Å². The van der Waals surface area contributed by atoms with Crippen LogP contribution in [0, 0.1) is 0 Å². The molecule has 1 aromatic heterocycles. The first-order chi connectivity index (χ1) is 14.6. The van der Waals surface area contributed by atoms with Crippen molar-refractivity contribution in [3.05, 3.63) is 60.1 Å². The molecular weight excluding hydrogens is 380 g/mol. The Bertz CT molecular complexity index is 785. The molecule has 1 aliphatic heterocycles. The van der Waals surface area contributed by atoms with Crippen LogP contribution in [0.25, 0.3) is 0 Å². The number of furan rings is 1. The summed E-state index contributed by atoms with van der Waals surface area (Å²) in [5.74, 6) is 0.620. The number of amides is 2. The average molecular weight is 413 g/mol. The van der Waals surface area contributed by atoms with Crippen molar-refractivity contribution >= 4 is 11.8 Å². The molecule has 0 unspecified atom stereocenters. The lowest BCUT2D eigenvalue weighted by molar-refractivity contribution is -0.143. The van der Waals surface area contributed by atoms with E-state index < -0.39 is 0 Å². The predicted octanol–water partition coefficient (Wildman–Crippen LogP) is 3.66. The summed E-state index contributed by atoms with van der Waals surface area (Å²) in [6, 6.07) is 13.3. The van der Waals surface area contributed by atoms with Gasteiger partial charge in [0.05, 0.1) is 25.3 Å². The molecule has 30 heavy (non-hydrogen) atoms. The second-order valence-electron chi connectivity index (χ2n) is 7.93. The third-order valence-corrected chi connectivity index (χ3v) is 5.67. The van der Waals surface area contributed by atoms with E-state index in [1.165, 1.54) is 0 Å². The highest BCUT2D eigenvalue weighted by Gasteiger charge is 2.28. The molecule has 1 fully saturated rings. The minimum absolute atomic E-state index is 0.0154. The van der Waals surface area contributed by atoms with Crippen LogP contribution in [0.3, 0.4) is 0 Å². The Morgan fingerprint density at radius 1 is 1.13 bits per heavy atom. The van der Waals surface area contributed by atoms with Crippen LogP contribution in [-0.4, -0.2) is 53.5 Å². The van der Waals surface area contributed by atoms with Gasteiger partial charge < -0.3 is 19.0 Å². The van der Waals surface area contributed by atoms with Gasteiger partial charge in [-0.05, 0) is 43.9 Å². The minimum Gasteiger partial charge on any atom is -0.467 e. The zero-order chi connectivity index (χ0) is 21.3. The normalized spacial score (nSPS) is 16.9. The van der Waals surface area contributed by atoms with E-state index in [1.54, 1.807) is 16.1 Å². The maximum absolute atomic E-state index is 13.3. The number of rotatable bonds is 10. The standard InChI is InChI=1S/C24H32N2O4/c1-3-19(2)26(23(27)15-20-9-5-4-6-10-20)18-24(28)25(16-21-11-7-13-29-21)17-22-12-8-14-30-22/h4-7,9-11,13,19,22H,3,8,12,14-18H2,1-2H3/t19-,22+/m1/s1. The van der Waals surface area contributed by atoms with Crippen LogP contribution in [0.4, 0.5) is 0 Å². The Kier molecular flexibility index (Phi) is 8.08. The molecule has 1 aromatic carbocycles. The highest BCUT2D eigenvalue weighted by Crippen LogP contribution is 2.17. The van der Waals surface area contributed by atoms with E-state index in [-0.39, 0.29) is 30.5 Å².